The summed E-state index contributed by atoms with van der Waals surface area (Å²) in [7, 11) is 0. The van der Waals surface area contributed by atoms with Crippen LogP contribution in [0.4, 0.5) is 4.79 Å². The normalized spacial score (nSPS) is 22.6. The maximum atomic E-state index is 12.7. The second kappa shape index (κ2) is 7.23. The first-order valence-corrected chi connectivity index (χ1v) is 8.85. The van der Waals surface area contributed by atoms with E-state index in [1.54, 1.807) is 4.90 Å². The summed E-state index contributed by atoms with van der Waals surface area (Å²) in [6, 6.07) is -0.415. The Balaban J connectivity index is 1.50. The Morgan fingerprint density at radius 2 is 1.96 bits per heavy atom. The second-order valence-electron chi connectivity index (χ2n) is 7.02. The highest BCUT2D eigenvalue weighted by Gasteiger charge is 2.32. The second-order valence-corrected chi connectivity index (χ2v) is 7.02. The van der Waals surface area contributed by atoms with Crippen LogP contribution in [0, 0.1) is 18.8 Å². The molecule has 0 radical (unpaired) electrons. The van der Waals surface area contributed by atoms with E-state index >= 15 is 0 Å². The smallest absolute Gasteiger partial charge is 0.314 e. The molecule has 1 atom stereocenters. The third kappa shape index (κ3) is 3.71. The lowest BCUT2D eigenvalue weighted by Crippen LogP contribution is -2.49. The minimum Gasteiger partial charge on any atom is -0.351 e. The summed E-state index contributed by atoms with van der Waals surface area (Å²) in [5, 5.41) is 0. The molecule has 24 heavy (non-hydrogen) atoms. The zero-order chi connectivity index (χ0) is 17.1. The number of aromatic nitrogens is 2. The molecule has 1 aromatic heterocycles. The van der Waals surface area contributed by atoms with Gasteiger partial charge in [-0.05, 0) is 38.5 Å². The molecule has 7 nitrogen and oxygen atoms in total. The van der Waals surface area contributed by atoms with Crippen LogP contribution < -0.4 is 5.73 Å². The number of nitrogens with zero attached hydrogens (tertiary/aromatic N) is 4. The Morgan fingerprint density at radius 1 is 1.21 bits per heavy atom. The lowest BCUT2D eigenvalue weighted by atomic mass is 9.92. The van der Waals surface area contributed by atoms with Crippen LogP contribution in [0.5, 0.6) is 0 Å². The van der Waals surface area contributed by atoms with E-state index in [1.807, 2.05) is 24.2 Å². The molecular weight excluding hydrogens is 306 g/mol. The van der Waals surface area contributed by atoms with E-state index in [2.05, 4.69) is 9.55 Å². The summed E-state index contributed by atoms with van der Waals surface area (Å²) in [5.74, 6) is 1.74. The molecule has 0 saturated carbocycles. The molecule has 0 aliphatic carbocycles. The van der Waals surface area contributed by atoms with Crippen LogP contribution in [0.2, 0.25) is 0 Å². The highest BCUT2D eigenvalue weighted by atomic mass is 16.2. The summed E-state index contributed by atoms with van der Waals surface area (Å²) in [4.78, 5) is 31.9. The van der Waals surface area contributed by atoms with E-state index in [1.165, 1.54) is 0 Å². The molecule has 0 unspecified atom stereocenters. The van der Waals surface area contributed by atoms with Gasteiger partial charge in [-0.25, -0.2) is 9.78 Å². The van der Waals surface area contributed by atoms with Crippen molar-refractivity contribution in [2.75, 3.05) is 26.2 Å². The van der Waals surface area contributed by atoms with Crippen molar-refractivity contribution in [3.63, 3.8) is 0 Å². The Kier molecular flexibility index (Phi) is 5.06. The molecule has 0 bridgehead atoms. The number of hydrogen-bond acceptors (Lipinski definition) is 3. The Morgan fingerprint density at radius 3 is 2.58 bits per heavy atom. The zero-order valence-corrected chi connectivity index (χ0v) is 14.4. The molecule has 1 aromatic rings. The molecule has 2 fully saturated rings. The predicted octanol–water partition coefficient (Wildman–Crippen LogP) is 1.22. The fourth-order valence-corrected chi connectivity index (χ4v) is 3.85. The van der Waals surface area contributed by atoms with Crippen LogP contribution in [-0.2, 0) is 11.3 Å². The number of carbonyl (C=O) groups is 2. The van der Waals surface area contributed by atoms with Gasteiger partial charge in [-0.3, -0.25) is 4.79 Å². The Labute approximate surface area is 142 Å². The van der Waals surface area contributed by atoms with Crippen molar-refractivity contribution in [2.24, 2.45) is 17.6 Å². The number of imidazole rings is 1. The third-order valence-electron chi connectivity index (χ3n) is 5.39. The van der Waals surface area contributed by atoms with Gasteiger partial charge in [0.25, 0.3) is 0 Å². The number of aryl methyl sites for hydroxylation is 1. The molecule has 3 amide bonds. The number of rotatable bonds is 3. The van der Waals surface area contributed by atoms with Gasteiger partial charge in [0.1, 0.15) is 5.82 Å². The third-order valence-corrected chi connectivity index (χ3v) is 5.39. The molecule has 132 valence electrons. The standard InChI is InChI=1S/C17H27N5O2/c1-13-19-6-10-21(13)11-14-4-8-20(9-5-14)16(23)15-3-2-7-22(12-15)17(18)24/h6,10,14-15H,2-5,7-9,11-12H2,1H3,(H2,18,24)/t15-/m0/s1. The summed E-state index contributed by atoms with van der Waals surface area (Å²) in [6.45, 7) is 5.77. The van der Waals surface area contributed by atoms with Gasteiger partial charge in [-0.15, -0.1) is 0 Å². The minimum absolute atomic E-state index is 0.0845. The van der Waals surface area contributed by atoms with Crippen molar-refractivity contribution >= 4 is 11.9 Å². The molecule has 3 rings (SSSR count). The number of amides is 3. The monoisotopic (exact) mass is 333 g/mol. The fraction of sp³-hybridized carbons (Fsp3) is 0.706. The van der Waals surface area contributed by atoms with Crippen LogP contribution in [0.15, 0.2) is 12.4 Å². The van der Waals surface area contributed by atoms with Crippen molar-refractivity contribution in [2.45, 2.75) is 39.2 Å². The van der Waals surface area contributed by atoms with Gasteiger partial charge in [0.2, 0.25) is 5.91 Å². The average Bonchev–Trinajstić information content (AvgIpc) is 3.00. The van der Waals surface area contributed by atoms with Crippen molar-refractivity contribution < 1.29 is 9.59 Å². The number of nitrogens with two attached hydrogens (primary N) is 1. The summed E-state index contributed by atoms with van der Waals surface area (Å²) in [5.41, 5.74) is 5.36. The van der Waals surface area contributed by atoms with Crippen LogP contribution in [-0.4, -0.2) is 57.5 Å². The molecule has 3 heterocycles. The summed E-state index contributed by atoms with van der Waals surface area (Å²) >= 11 is 0. The maximum absolute atomic E-state index is 12.7. The topological polar surface area (TPSA) is 84.5 Å². The highest BCUT2D eigenvalue weighted by Crippen LogP contribution is 2.24. The van der Waals surface area contributed by atoms with Gasteiger partial charge in [-0.1, -0.05) is 0 Å². The largest absolute Gasteiger partial charge is 0.351 e. The molecule has 0 aromatic carbocycles. The summed E-state index contributed by atoms with van der Waals surface area (Å²) in [6.07, 6.45) is 7.62. The first-order chi connectivity index (χ1) is 11.5. The maximum Gasteiger partial charge on any atom is 0.314 e. The van der Waals surface area contributed by atoms with Crippen LogP contribution >= 0.6 is 0 Å². The van der Waals surface area contributed by atoms with Gasteiger partial charge in [0.15, 0.2) is 0 Å². The van der Waals surface area contributed by atoms with Crippen LogP contribution in [0.25, 0.3) is 0 Å². The van der Waals surface area contributed by atoms with Crippen LogP contribution in [0.3, 0.4) is 0 Å². The molecule has 2 aliphatic heterocycles. The van der Waals surface area contributed by atoms with Gasteiger partial charge in [0, 0.05) is 45.1 Å². The number of primary amides is 1. The van der Waals surface area contributed by atoms with Gasteiger partial charge >= 0.3 is 6.03 Å². The first kappa shape index (κ1) is 16.8. The number of urea groups is 1. The van der Waals surface area contributed by atoms with Crippen molar-refractivity contribution in [1.82, 2.24) is 19.4 Å². The molecule has 7 heteroatoms. The number of likely N-dealkylation sites (tertiary alicyclic amines) is 2. The van der Waals surface area contributed by atoms with Gasteiger partial charge in [0.05, 0.1) is 5.92 Å². The lowest BCUT2D eigenvalue weighted by Gasteiger charge is -2.37. The van der Waals surface area contributed by atoms with Crippen molar-refractivity contribution in [1.29, 1.82) is 0 Å². The lowest BCUT2D eigenvalue weighted by molar-refractivity contribution is -0.138. The average molecular weight is 333 g/mol. The van der Waals surface area contributed by atoms with Gasteiger partial charge < -0.3 is 20.1 Å². The van der Waals surface area contributed by atoms with E-state index in [4.69, 9.17) is 5.73 Å². The van der Waals surface area contributed by atoms with E-state index in [9.17, 15) is 9.59 Å². The van der Waals surface area contributed by atoms with Crippen molar-refractivity contribution in [3.8, 4) is 0 Å². The van der Waals surface area contributed by atoms with Gasteiger partial charge in [-0.2, -0.15) is 0 Å². The molecule has 0 spiro atoms. The number of hydrogen-bond donors (Lipinski definition) is 1. The van der Waals surface area contributed by atoms with E-state index in [-0.39, 0.29) is 11.8 Å². The first-order valence-electron chi connectivity index (χ1n) is 8.85. The predicted molar refractivity (Wildman–Crippen MR) is 90.1 cm³/mol. The molecule has 2 aliphatic rings. The molecule has 2 N–H and O–H groups in total. The molecule has 2 saturated heterocycles. The van der Waals surface area contributed by atoms with Crippen LogP contribution in [0.1, 0.15) is 31.5 Å². The van der Waals surface area contributed by atoms with Crippen molar-refractivity contribution in [3.05, 3.63) is 18.2 Å². The minimum atomic E-state index is -0.415. The van der Waals surface area contributed by atoms with E-state index in [0.717, 1.165) is 51.1 Å². The Hall–Kier alpha value is -2.05. The van der Waals surface area contributed by atoms with E-state index < -0.39 is 6.03 Å². The number of piperidine rings is 2. The highest BCUT2D eigenvalue weighted by molar-refractivity contribution is 5.80. The fourth-order valence-electron chi connectivity index (χ4n) is 3.85. The SMILES string of the molecule is Cc1nccn1CC1CCN(C(=O)[C@H]2CCCN(C(N)=O)C2)CC1. The quantitative estimate of drug-likeness (QED) is 0.902. The van der Waals surface area contributed by atoms with E-state index in [0.29, 0.717) is 19.0 Å². The summed E-state index contributed by atoms with van der Waals surface area (Å²) < 4.78 is 2.19. The zero-order valence-electron chi connectivity index (χ0n) is 14.4. The Bertz CT molecular complexity index is 592. The number of carbonyl (C=O) groups excluding carboxylic acids is 2. The molecular formula is C17H27N5O2.